The predicted molar refractivity (Wildman–Crippen MR) is 76.7 cm³/mol. The number of carbonyl (C=O) groups excluding carboxylic acids is 2. The predicted octanol–water partition coefficient (Wildman–Crippen LogP) is 1.90. The summed E-state index contributed by atoms with van der Waals surface area (Å²) in [5.41, 5.74) is 1.34. The molecule has 20 heavy (non-hydrogen) atoms. The van der Waals surface area contributed by atoms with E-state index >= 15 is 0 Å². The highest BCUT2D eigenvalue weighted by atomic mass is 16.5. The summed E-state index contributed by atoms with van der Waals surface area (Å²) in [5, 5.41) is 2.76. The van der Waals surface area contributed by atoms with Crippen LogP contribution in [0.4, 0.5) is 5.69 Å². The van der Waals surface area contributed by atoms with Crippen molar-refractivity contribution in [1.29, 1.82) is 0 Å². The molecule has 1 aliphatic rings. The molecule has 1 unspecified atom stereocenters. The lowest BCUT2D eigenvalue weighted by atomic mass is 10.1. The first kappa shape index (κ1) is 14.5. The summed E-state index contributed by atoms with van der Waals surface area (Å²) in [6.45, 7) is 5.58. The maximum Gasteiger partial charge on any atom is 0.254 e. The van der Waals surface area contributed by atoms with Crippen molar-refractivity contribution in [2.45, 2.75) is 26.4 Å². The Balaban J connectivity index is 2.01. The third kappa shape index (κ3) is 3.57. The zero-order valence-electron chi connectivity index (χ0n) is 11.9. The van der Waals surface area contributed by atoms with Crippen LogP contribution in [0.1, 0.15) is 30.6 Å². The maximum absolute atomic E-state index is 12.3. The number of hydrogen-bond donors (Lipinski definition) is 1. The van der Waals surface area contributed by atoms with Crippen LogP contribution in [0.3, 0.4) is 0 Å². The van der Waals surface area contributed by atoms with Crippen molar-refractivity contribution >= 4 is 17.5 Å². The smallest absolute Gasteiger partial charge is 0.254 e. The molecule has 0 aliphatic carbocycles. The Kier molecular flexibility index (Phi) is 4.74. The molecule has 0 bridgehead atoms. The Bertz CT molecular complexity index is 484. The van der Waals surface area contributed by atoms with Crippen LogP contribution in [0.5, 0.6) is 0 Å². The number of carbonyl (C=O) groups is 2. The quantitative estimate of drug-likeness (QED) is 0.917. The molecule has 2 amide bonds. The molecule has 5 nitrogen and oxygen atoms in total. The van der Waals surface area contributed by atoms with E-state index in [1.165, 1.54) is 0 Å². The normalized spacial score (nSPS) is 18.7. The van der Waals surface area contributed by atoms with Crippen LogP contribution in [0, 0.1) is 0 Å². The third-order valence-corrected chi connectivity index (χ3v) is 3.27. The van der Waals surface area contributed by atoms with Crippen LogP contribution in [0.25, 0.3) is 0 Å². The lowest BCUT2D eigenvalue weighted by Gasteiger charge is -2.31. The molecule has 1 N–H and O–H groups in total. The molecule has 1 aromatic carbocycles. The van der Waals surface area contributed by atoms with Crippen molar-refractivity contribution < 1.29 is 14.3 Å². The van der Waals surface area contributed by atoms with E-state index in [1.54, 1.807) is 36.1 Å². The zero-order valence-corrected chi connectivity index (χ0v) is 11.9. The van der Waals surface area contributed by atoms with Gasteiger partial charge in [0.05, 0.1) is 12.7 Å². The van der Waals surface area contributed by atoms with Crippen molar-refractivity contribution in [1.82, 2.24) is 4.90 Å². The molecule has 1 heterocycles. The van der Waals surface area contributed by atoms with Crippen molar-refractivity contribution in [2.75, 3.05) is 25.0 Å². The molecule has 108 valence electrons. The molecule has 1 aliphatic heterocycles. The summed E-state index contributed by atoms with van der Waals surface area (Å²) < 4.78 is 5.43. The van der Waals surface area contributed by atoms with Crippen LogP contribution in [0.15, 0.2) is 24.3 Å². The van der Waals surface area contributed by atoms with E-state index in [4.69, 9.17) is 4.74 Å². The fraction of sp³-hybridized carbons (Fsp3) is 0.467. The van der Waals surface area contributed by atoms with E-state index in [-0.39, 0.29) is 17.9 Å². The third-order valence-electron chi connectivity index (χ3n) is 3.27. The SMILES string of the molecule is CCC(=O)Nc1ccc(C(=O)N2CCOC(C)C2)cc1. The van der Waals surface area contributed by atoms with Crippen molar-refractivity contribution in [2.24, 2.45) is 0 Å². The number of morpholine rings is 1. The van der Waals surface area contributed by atoms with Crippen molar-refractivity contribution in [3.63, 3.8) is 0 Å². The Hall–Kier alpha value is -1.88. The fourth-order valence-corrected chi connectivity index (χ4v) is 2.13. The van der Waals surface area contributed by atoms with Crippen LogP contribution in [-0.2, 0) is 9.53 Å². The largest absolute Gasteiger partial charge is 0.375 e. The minimum absolute atomic E-state index is 0.00789. The summed E-state index contributed by atoms with van der Waals surface area (Å²) in [6, 6.07) is 7.00. The van der Waals surface area contributed by atoms with Gasteiger partial charge in [-0.2, -0.15) is 0 Å². The van der Waals surface area contributed by atoms with E-state index in [0.717, 1.165) is 0 Å². The van der Waals surface area contributed by atoms with Crippen LogP contribution in [0.2, 0.25) is 0 Å². The molecule has 2 rings (SSSR count). The molecular weight excluding hydrogens is 256 g/mol. The summed E-state index contributed by atoms with van der Waals surface area (Å²) in [6.07, 6.45) is 0.516. The summed E-state index contributed by atoms with van der Waals surface area (Å²) >= 11 is 0. The molecule has 0 aromatic heterocycles. The van der Waals surface area contributed by atoms with Gasteiger partial charge in [-0.1, -0.05) is 6.92 Å². The molecule has 0 radical (unpaired) electrons. The number of rotatable bonds is 3. The van der Waals surface area contributed by atoms with Crippen LogP contribution < -0.4 is 5.32 Å². The number of nitrogens with zero attached hydrogens (tertiary/aromatic N) is 1. The standard InChI is InChI=1S/C15H20N2O3/c1-3-14(18)16-13-6-4-12(5-7-13)15(19)17-8-9-20-11(2)10-17/h4-7,11H,3,8-10H2,1-2H3,(H,16,18). The summed E-state index contributed by atoms with van der Waals surface area (Å²) in [4.78, 5) is 25.4. The van der Waals surface area contributed by atoms with Gasteiger partial charge in [0.15, 0.2) is 0 Å². The number of ether oxygens (including phenoxy) is 1. The molecule has 1 atom stereocenters. The second-order valence-corrected chi connectivity index (χ2v) is 4.91. The summed E-state index contributed by atoms with van der Waals surface area (Å²) in [7, 11) is 0. The second kappa shape index (κ2) is 6.52. The Morgan fingerprint density at radius 1 is 1.35 bits per heavy atom. The van der Waals surface area contributed by atoms with Crippen molar-refractivity contribution in [3.05, 3.63) is 29.8 Å². The molecule has 1 saturated heterocycles. The van der Waals surface area contributed by atoms with E-state index in [9.17, 15) is 9.59 Å². The van der Waals surface area contributed by atoms with E-state index in [2.05, 4.69) is 5.32 Å². The van der Waals surface area contributed by atoms with Gasteiger partial charge in [0, 0.05) is 30.8 Å². The van der Waals surface area contributed by atoms with Crippen LogP contribution >= 0.6 is 0 Å². The van der Waals surface area contributed by atoms with E-state index < -0.39 is 0 Å². The molecule has 5 heteroatoms. The second-order valence-electron chi connectivity index (χ2n) is 4.91. The number of nitrogens with one attached hydrogen (secondary N) is 1. The van der Waals surface area contributed by atoms with Gasteiger partial charge < -0.3 is 15.0 Å². The lowest BCUT2D eigenvalue weighted by Crippen LogP contribution is -2.44. The van der Waals surface area contributed by atoms with Gasteiger partial charge in [-0.15, -0.1) is 0 Å². The maximum atomic E-state index is 12.3. The molecule has 0 spiro atoms. The van der Waals surface area contributed by atoms with E-state index in [0.29, 0.717) is 37.4 Å². The first-order valence-electron chi connectivity index (χ1n) is 6.91. The monoisotopic (exact) mass is 276 g/mol. The van der Waals surface area contributed by atoms with Crippen LogP contribution in [-0.4, -0.2) is 42.5 Å². The van der Waals surface area contributed by atoms with Crippen molar-refractivity contribution in [3.8, 4) is 0 Å². The number of hydrogen-bond acceptors (Lipinski definition) is 3. The summed E-state index contributed by atoms with van der Waals surface area (Å²) in [5.74, 6) is -0.0281. The van der Waals surface area contributed by atoms with Gasteiger partial charge in [-0.05, 0) is 31.2 Å². The zero-order chi connectivity index (χ0) is 14.5. The highest BCUT2D eigenvalue weighted by Crippen LogP contribution is 2.14. The Labute approximate surface area is 118 Å². The van der Waals surface area contributed by atoms with Gasteiger partial charge in [-0.25, -0.2) is 0 Å². The first-order valence-corrected chi connectivity index (χ1v) is 6.91. The average molecular weight is 276 g/mol. The first-order chi connectivity index (χ1) is 9.60. The molecule has 0 saturated carbocycles. The molecule has 1 aromatic rings. The minimum Gasteiger partial charge on any atom is -0.375 e. The Morgan fingerprint density at radius 3 is 2.65 bits per heavy atom. The van der Waals surface area contributed by atoms with Gasteiger partial charge in [0.25, 0.3) is 5.91 Å². The van der Waals surface area contributed by atoms with E-state index in [1.807, 2.05) is 6.92 Å². The number of amides is 2. The fourth-order valence-electron chi connectivity index (χ4n) is 2.13. The number of benzene rings is 1. The number of anilines is 1. The highest BCUT2D eigenvalue weighted by molar-refractivity contribution is 5.95. The average Bonchev–Trinajstić information content (AvgIpc) is 2.47. The topological polar surface area (TPSA) is 58.6 Å². The van der Waals surface area contributed by atoms with Gasteiger partial charge in [0.2, 0.25) is 5.91 Å². The lowest BCUT2D eigenvalue weighted by molar-refractivity contribution is -0.115. The molecular formula is C15H20N2O3. The Morgan fingerprint density at radius 2 is 2.05 bits per heavy atom. The molecule has 1 fully saturated rings. The van der Waals surface area contributed by atoms with Gasteiger partial charge >= 0.3 is 0 Å². The van der Waals surface area contributed by atoms with Gasteiger partial charge in [0.1, 0.15) is 0 Å². The highest BCUT2D eigenvalue weighted by Gasteiger charge is 2.22. The van der Waals surface area contributed by atoms with Gasteiger partial charge in [-0.3, -0.25) is 9.59 Å². The minimum atomic E-state index is -0.0360.